The van der Waals surface area contributed by atoms with Crippen LogP contribution in [0.1, 0.15) is 33.3 Å². The van der Waals surface area contributed by atoms with Crippen molar-refractivity contribution in [1.82, 2.24) is 10.0 Å². The molecular formula is C15H26N2O2S. The second kappa shape index (κ2) is 7.20. The van der Waals surface area contributed by atoms with Crippen LogP contribution in [0, 0.1) is 5.41 Å². The minimum absolute atomic E-state index is 0.0706. The SMILES string of the molecule is CCNCCc1ccc(S(=O)(=O)NCC(C)(C)C)cc1. The molecule has 0 amide bonds. The fourth-order valence-electron chi connectivity index (χ4n) is 1.64. The second-order valence-electron chi connectivity index (χ2n) is 6.13. The van der Waals surface area contributed by atoms with Gasteiger partial charge in [0.2, 0.25) is 10.0 Å². The van der Waals surface area contributed by atoms with Crippen molar-refractivity contribution in [3.63, 3.8) is 0 Å². The Morgan fingerprint density at radius 3 is 2.20 bits per heavy atom. The summed E-state index contributed by atoms with van der Waals surface area (Å²) < 4.78 is 26.9. The van der Waals surface area contributed by atoms with Crippen LogP contribution >= 0.6 is 0 Å². The summed E-state index contributed by atoms with van der Waals surface area (Å²) in [6, 6.07) is 7.10. The molecule has 0 unspecified atom stereocenters. The monoisotopic (exact) mass is 298 g/mol. The number of likely N-dealkylation sites (N-methyl/N-ethyl adjacent to an activating group) is 1. The molecule has 1 rings (SSSR count). The molecule has 0 saturated heterocycles. The first-order chi connectivity index (χ1) is 9.24. The summed E-state index contributed by atoms with van der Waals surface area (Å²) >= 11 is 0. The van der Waals surface area contributed by atoms with E-state index in [1.165, 1.54) is 0 Å². The van der Waals surface area contributed by atoms with Gasteiger partial charge in [-0.1, -0.05) is 39.8 Å². The molecule has 2 N–H and O–H groups in total. The highest BCUT2D eigenvalue weighted by molar-refractivity contribution is 7.89. The number of hydrogen-bond donors (Lipinski definition) is 2. The highest BCUT2D eigenvalue weighted by atomic mass is 32.2. The molecule has 4 nitrogen and oxygen atoms in total. The summed E-state index contributed by atoms with van der Waals surface area (Å²) in [6.07, 6.45) is 0.906. The van der Waals surface area contributed by atoms with Gasteiger partial charge in [0.25, 0.3) is 0 Å². The van der Waals surface area contributed by atoms with Gasteiger partial charge in [-0.3, -0.25) is 0 Å². The molecule has 20 heavy (non-hydrogen) atoms. The highest BCUT2D eigenvalue weighted by Gasteiger charge is 2.18. The zero-order valence-corrected chi connectivity index (χ0v) is 13.7. The largest absolute Gasteiger partial charge is 0.317 e. The van der Waals surface area contributed by atoms with Crippen LogP contribution in [0.2, 0.25) is 0 Å². The maximum Gasteiger partial charge on any atom is 0.240 e. The van der Waals surface area contributed by atoms with E-state index in [2.05, 4.69) is 17.0 Å². The molecule has 0 aliphatic heterocycles. The van der Waals surface area contributed by atoms with Gasteiger partial charge >= 0.3 is 0 Å². The van der Waals surface area contributed by atoms with E-state index in [9.17, 15) is 8.42 Å². The number of benzene rings is 1. The average molecular weight is 298 g/mol. The van der Waals surface area contributed by atoms with Crippen molar-refractivity contribution in [2.75, 3.05) is 19.6 Å². The zero-order chi connectivity index (χ0) is 15.2. The van der Waals surface area contributed by atoms with Crippen molar-refractivity contribution < 1.29 is 8.42 Å². The third kappa shape index (κ3) is 6.03. The number of rotatable bonds is 7. The lowest BCUT2D eigenvalue weighted by Crippen LogP contribution is -2.32. The van der Waals surface area contributed by atoms with Gasteiger partial charge < -0.3 is 5.32 Å². The number of sulfonamides is 1. The van der Waals surface area contributed by atoms with E-state index in [1.807, 2.05) is 32.9 Å². The van der Waals surface area contributed by atoms with Gasteiger partial charge in [0.1, 0.15) is 0 Å². The van der Waals surface area contributed by atoms with E-state index in [-0.39, 0.29) is 5.41 Å². The third-order valence-electron chi connectivity index (χ3n) is 2.87. The Balaban J connectivity index is 2.67. The Morgan fingerprint density at radius 1 is 1.10 bits per heavy atom. The van der Waals surface area contributed by atoms with Crippen LogP contribution in [-0.4, -0.2) is 28.1 Å². The van der Waals surface area contributed by atoms with Gasteiger partial charge in [-0.2, -0.15) is 0 Å². The van der Waals surface area contributed by atoms with E-state index in [0.29, 0.717) is 11.4 Å². The Labute approximate surface area is 123 Å². The summed E-state index contributed by atoms with van der Waals surface area (Å²) in [7, 11) is -3.40. The molecule has 0 bridgehead atoms. The van der Waals surface area contributed by atoms with Crippen LogP contribution in [-0.2, 0) is 16.4 Å². The van der Waals surface area contributed by atoms with Crippen LogP contribution < -0.4 is 10.0 Å². The van der Waals surface area contributed by atoms with E-state index in [1.54, 1.807) is 12.1 Å². The minimum atomic E-state index is -3.40. The molecule has 1 aromatic rings. The molecule has 0 fully saturated rings. The van der Waals surface area contributed by atoms with E-state index in [4.69, 9.17) is 0 Å². The third-order valence-corrected chi connectivity index (χ3v) is 4.28. The smallest absolute Gasteiger partial charge is 0.240 e. The van der Waals surface area contributed by atoms with Gasteiger partial charge in [-0.15, -0.1) is 0 Å². The Bertz CT molecular complexity index is 502. The van der Waals surface area contributed by atoms with Gasteiger partial charge in [0.05, 0.1) is 4.90 Å². The highest BCUT2D eigenvalue weighted by Crippen LogP contribution is 2.15. The number of hydrogen-bond acceptors (Lipinski definition) is 3. The lowest BCUT2D eigenvalue weighted by molar-refractivity contribution is 0.407. The van der Waals surface area contributed by atoms with Crippen LogP contribution in [0.5, 0.6) is 0 Å². The summed E-state index contributed by atoms with van der Waals surface area (Å²) in [5.74, 6) is 0. The van der Waals surface area contributed by atoms with Crippen molar-refractivity contribution in [3.8, 4) is 0 Å². The van der Waals surface area contributed by atoms with Crippen molar-refractivity contribution in [1.29, 1.82) is 0 Å². The van der Waals surface area contributed by atoms with Crippen LogP contribution in [0.25, 0.3) is 0 Å². The normalized spacial score (nSPS) is 12.6. The van der Waals surface area contributed by atoms with E-state index < -0.39 is 10.0 Å². The molecule has 0 aromatic heterocycles. The first kappa shape index (κ1) is 17.1. The van der Waals surface area contributed by atoms with Crippen molar-refractivity contribution in [3.05, 3.63) is 29.8 Å². The van der Waals surface area contributed by atoms with Gasteiger partial charge in [-0.05, 0) is 42.6 Å². The van der Waals surface area contributed by atoms with Crippen LogP contribution in [0.3, 0.4) is 0 Å². The van der Waals surface area contributed by atoms with Crippen molar-refractivity contribution >= 4 is 10.0 Å². The second-order valence-corrected chi connectivity index (χ2v) is 7.90. The van der Waals surface area contributed by atoms with E-state index >= 15 is 0 Å². The Morgan fingerprint density at radius 2 is 1.70 bits per heavy atom. The lowest BCUT2D eigenvalue weighted by Gasteiger charge is -2.18. The quantitative estimate of drug-likeness (QED) is 0.759. The maximum atomic E-state index is 12.1. The molecular weight excluding hydrogens is 272 g/mol. The molecule has 0 aliphatic carbocycles. The Hall–Kier alpha value is -0.910. The predicted octanol–water partition coefficient (Wildman–Crippen LogP) is 2.16. The predicted molar refractivity (Wildman–Crippen MR) is 83.3 cm³/mol. The van der Waals surface area contributed by atoms with Crippen LogP contribution in [0.15, 0.2) is 29.2 Å². The molecule has 0 aliphatic rings. The molecule has 1 aromatic carbocycles. The maximum absolute atomic E-state index is 12.1. The molecule has 0 saturated carbocycles. The van der Waals surface area contributed by atoms with Gasteiger partial charge in [-0.25, -0.2) is 13.1 Å². The lowest BCUT2D eigenvalue weighted by atomic mass is 9.98. The average Bonchev–Trinajstić information content (AvgIpc) is 2.37. The van der Waals surface area contributed by atoms with Crippen LogP contribution in [0.4, 0.5) is 0 Å². The summed E-state index contributed by atoms with van der Waals surface area (Å²) in [4.78, 5) is 0.328. The molecule has 0 spiro atoms. The topological polar surface area (TPSA) is 58.2 Å². The van der Waals surface area contributed by atoms with Crippen molar-refractivity contribution in [2.24, 2.45) is 5.41 Å². The molecule has 114 valence electrons. The standard InChI is InChI=1S/C15H26N2O2S/c1-5-16-11-10-13-6-8-14(9-7-13)20(18,19)17-12-15(2,3)4/h6-9,16-17H,5,10-12H2,1-4H3. The first-order valence-electron chi connectivity index (χ1n) is 7.04. The van der Waals surface area contributed by atoms with Gasteiger partial charge in [0, 0.05) is 6.54 Å². The molecule has 0 radical (unpaired) electrons. The van der Waals surface area contributed by atoms with Crippen molar-refractivity contribution in [2.45, 2.75) is 39.0 Å². The van der Waals surface area contributed by atoms with Gasteiger partial charge in [0.15, 0.2) is 0 Å². The minimum Gasteiger partial charge on any atom is -0.317 e. The molecule has 0 atom stereocenters. The fraction of sp³-hybridized carbons (Fsp3) is 0.600. The fourth-order valence-corrected chi connectivity index (χ4v) is 2.92. The molecule has 5 heteroatoms. The Kier molecular flexibility index (Phi) is 6.17. The summed E-state index contributed by atoms with van der Waals surface area (Å²) in [5, 5.41) is 3.25. The molecule has 0 heterocycles. The first-order valence-corrected chi connectivity index (χ1v) is 8.52. The summed E-state index contributed by atoms with van der Waals surface area (Å²) in [5.41, 5.74) is 1.07. The van der Waals surface area contributed by atoms with E-state index in [0.717, 1.165) is 25.1 Å². The zero-order valence-electron chi connectivity index (χ0n) is 12.9. The summed E-state index contributed by atoms with van der Waals surface area (Å²) in [6.45, 7) is 10.3. The number of nitrogens with one attached hydrogen (secondary N) is 2.